The van der Waals surface area contributed by atoms with E-state index in [1.807, 2.05) is 27.0 Å². The first-order chi connectivity index (χ1) is 8.54. The van der Waals surface area contributed by atoms with Gasteiger partial charge in [-0.25, -0.2) is 0 Å². The summed E-state index contributed by atoms with van der Waals surface area (Å²) in [6.07, 6.45) is 1.95. The monoisotopic (exact) mass is 288 g/mol. The fourth-order valence-electron chi connectivity index (χ4n) is 1.65. The number of nitrogens with one attached hydrogen (secondary N) is 1. The first-order valence-corrected chi connectivity index (χ1v) is 7.89. The number of nitrogens with two attached hydrogens (primary N) is 1. The van der Waals surface area contributed by atoms with Crippen LogP contribution in [0.3, 0.4) is 0 Å². The quantitative estimate of drug-likeness (QED) is 0.785. The van der Waals surface area contributed by atoms with Crippen LogP contribution in [0.15, 0.2) is 4.90 Å². The number of carbonyl (C=O) groups excluding carboxylic acids is 1. The standard InChI is InChI=1S/C11H20N4OS2/c1-5-15(6-2)11(16)7(3)13-10-8(17-4)9(12)14-18-10/h7,13H,5-6H2,1-4H3,(H2,12,14). The Bertz CT molecular complexity index is 404. The number of aromatic nitrogens is 1. The average Bonchev–Trinajstić information content (AvgIpc) is 2.71. The van der Waals surface area contributed by atoms with E-state index in [2.05, 4.69) is 9.69 Å². The lowest BCUT2D eigenvalue weighted by molar-refractivity contribution is -0.131. The number of anilines is 2. The maximum atomic E-state index is 12.1. The number of rotatable bonds is 6. The summed E-state index contributed by atoms with van der Waals surface area (Å²) in [5.41, 5.74) is 5.76. The minimum Gasteiger partial charge on any atom is -0.382 e. The van der Waals surface area contributed by atoms with Crippen molar-refractivity contribution in [2.45, 2.75) is 31.7 Å². The Morgan fingerprint density at radius 3 is 2.67 bits per heavy atom. The summed E-state index contributed by atoms with van der Waals surface area (Å²) >= 11 is 2.83. The Morgan fingerprint density at radius 2 is 2.17 bits per heavy atom. The molecule has 5 nitrogen and oxygen atoms in total. The Kier molecular flexibility index (Phi) is 5.74. The van der Waals surface area contributed by atoms with E-state index in [1.54, 1.807) is 4.90 Å². The van der Waals surface area contributed by atoms with Crippen molar-refractivity contribution in [2.75, 3.05) is 30.4 Å². The van der Waals surface area contributed by atoms with Gasteiger partial charge in [0.1, 0.15) is 11.0 Å². The largest absolute Gasteiger partial charge is 0.382 e. The third-order valence-electron chi connectivity index (χ3n) is 2.67. The molecule has 0 saturated carbocycles. The lowest BCUT2D eigenvalue weighted by Crippen LogP contribution is -2.41. The molecule has 1 rings (SSSR count). The zero-order valence-electron chi connectivity index (χ0n) is 11.2. The second kappa shape index (κ2) is 6.84. The van der Waals surface area contributed by atoms with E-state index in [0.717, 1.165) is 23.0 Å². The fourth-order valence-corrected chi connectivity index (χ4v) is 3.27. The third-order valence-corrected chi connectivity index (χ3v) is 4.41. The molecule has 102 valence electrons. The van der Waals surface area contributed by atoms with Crippen molar-refractivity contribution in [3.05, 3.63) is 0 Å². The van der Waals surface area contributed by atoms with E-state index >= 15 is 0 Å². The van der Waals surface area contributed by atoms with Gasteiger partial charge in [-0.15, -0.1) is 11.8 Å². The summed E-state index contributed by atoms with van der Waals surface area (Å²) in [5, 5.41) is 4.06. The van der Waals surface area contributed by atoms with E-state index in [-0.39, 0.29) is 11.9 Å². The molecule has 1 atom stereocenters. The van der Waals surface area contributed by atoms with Gasteiger partial charge < -0.3 is 16.0 Å². The molecule has 7 heteroatoms. The molecule has 0 aliphatic rings. The number of hydrogen-bond acceptors (Lipinski definition) is 6. The molecule has 0 bridgehead atoms. The van der Waals surface area contributed by atoms with Gasteiger partial charge in [-0.05, 0) is 38.6 Å². The van der Waals surface area contributed by atoms with E-state index in [0.29, 0.717) is 5.82 Å². The van der Waals surface area contributed by atoms with Crippen LogP contribution >= 0.6 is 23.3 Å². The maximum Gasteiger partial charge on any atom is 0.244 e. The predicted octanol–water partition coefficient (Wildman–Crippen LogP) is 2.12. The van der Waals surface area contributed by atoms with Gasteiger partial charge >= 0.3 is 0 Å². The molecule has 0 saturated heterocycles. The maximum absolute atomic E-state index is 12.1. The molecule has 0 fully saturated rings. The highest BCUT2D eigenvalue weighted by Gasteiger charge is 2.20. The highest BCUT2D eigenvalue weighted by Crippen LogP contribution is 2.34. The number of amides is 1. The normalized spacial score (nSPS) is 12.2. The van der Waals surface area contributed by atoms with Gasteiger partial charge in [-0.3, -0.25) is 4.79 Å². The van der Waals surface area contributed by atoms with Crippen molar-refractivity contribution in [2.24, 2.45) is 0 Å². The van der Waals surface area contributed by atoms with Gasteiger partial charge in [0.2, 0.25) is 5.91 Å². The zero-order chi connectivity index (χ0) is 13.7. The minimum absolute atomic E-state index is 0.0963. The number of thioether (sulfide) groups is 1. The number of hydrogen-bond donors (Lipinski definition) is 2. The van der Waals surface area contributed by atoms with Crippen LogP contribution in [0.2, 0.25) is 0 Å². The van der Waals surface area contributed by atoms with Crippen molar-refractivity contribution < 1.29 is 4.79 Å². The third kappa shape index (κ3) is 3.29. The van der Waals surface area contributed by atoms with E-state index in [1.165, 1.54) is 23.3 Å². The number of likely N-dealkylation sites (N-methyl/N-ethyl adjacent to an activating group) is 1. The Labute approximate surface area is 116 Å². The zero-order valence-corrected chi connectivity index (χ0v) is 12.8. The molecule has 1 aromatic rings. The SMILES string of the molecule is CCN(CC)C(=O)C(C)Nc1snc(N)c1SC. The van der Waals surface area contributed by atoms with Gasteiger partial charge in [0, 0.05) is 13.1 Å². The lowest BCUT2D eigenvalue weighted by Gasteiger charge is -2.23. The highest BCUT2D eigenvalue weighted by molar-refractivity contribution is 7.99. The fraction of sp³-hybridized carbons (Fsp3) is 0.636. The van der Waals surface area contributed by atoms with Crippen molar-refractivity contribution >= 4 is 40.0 Å². The van der Waals surface area contributed by atoms with Crippen LogP contribution in [0.25, 0.3) is 0 Å². The van der Waals surface area contributed by atoms with Crippen LogP contribution in [-0.2, 0) is 4.79 Å². The van der Waals surface area contributed by atoms with Crippen molar-refractivity contribution in [3.8, 4) is 0 Å². The number of nitrogen functional groups attached to an aromatic ring is 1. The van der Waals surface area contributed by atoms with Gasteiger partial charge in [0.25, 0.3) is 0 Å². The molecule has 18 heavy (non-hydrogen) atoms. The molecule has 0 aromatic carbocycles. The molecule has 0 spiro atoms. The highest BCUT2D eigenvalue weighted by atomic mass is 32.2. The molecule has 0 aliphatic heterocycles. The van der Waals surface area contributed by atoms with Crippen LogP contribution in [-0.4, -0.2) is 40.6 Å². The lowest BCUT2D eigenvalue weighted by atomic mass is 10.3. The van der Waals surface area contributed by atoms with E-state index in [9.17, 15) is 4.79 Å². The summed E-state index contributed by atoms with van der Waals surface area (Å²) in [6, 6.07) is -0.268. The van der Waals surface area contributed by atoms with Crippen molar-refractivity contribution in [1.29, 1.82) is 0 Å². The summed E-state index contributed by atoms with van der Waals surface area (Å²) in [5.74, 6) is 0.622. The van der Waals surface area contributed by atoms with Gasteiger partial charge in [-0.2, -0.15) is 4.37 Å². The van der Waals surface area contributed by atoms with Crippen LogP contribution < -0.4 is 11.1 Å². The second-order valence-electron chi connectivity index (χ2n) is 3.81. The average molecular weight is 288 g/mol. The van der Waals surface area contributed by atoms with Crippen LogP contribution in [0, 0.1) is 0 Å². The van der Waals surface area contributed by atoms with Crippen molar-refractivity contribution in [3.63, 3.8) is 0 Å². The molecular formula is C11H20N4OS2. The van der Waals surface area contributed by atoms with E-state index in [4.69, 9.17) is 5.73 Å². The molecule has 3 N–H and O–H groups in total. The Balaban J connectivity index is 2.74. The van der Waals surface area contributed by atoms with Crippen LogP contribution in [0.1, 0.15) is 20.8 Å². The topological polar surface area (TPSA) is 71.2 Å². The van der Waals surface area contributed by atoms with Gasteiger partial charge in [0.15, 0.2) is 5.82 Å². The first-order valence-electron chi connectivity index (χ1n) is 5.89. The summed E-state index contributed by atoms with van der Waals surface area (Å²) in [7, 11) is 0. The summed E-state index contributed by atoms with van der Waals surface area (Å²) in [4.78, 5) is 14.8. The molecule has 1 unspecified atom stereocenters. The van der Waals surface area contributed by atoms with Crippen LogP contribution in [0.4, 0.5) is 10.8 Å². The van der Waals surface area contributed by atoms with Crippen LogP contribution in [0.5, 0.6) is 0 Å². The molecule has 1 aromatic heterocycles. The first kappa shape index (κ1) is 15.1. The number of nitrogens with zero attached hydrogens (tertiary/aromatic N) is 2. The summed E-state index contributed by atoms with van der Waals surface area (Å²) in [6.45, 7) is 7.27. The van der Waals surface area contributed by atoms with Gasteiger partial charge in [0.05, 0.1) is 4.90 Å². The molecule has 1 amide bonds. The summed E-state index contributed by atoms with van der Waals surface area (Å²) < 4.78 is 4.10. The van der Waals surface area contributed by atoms with Gasteiger partial charge in [-0.1, -0.05) is 0 Å². The predicted molar refractivity (Wildman–Crippen MR) is 79.3 cm³/mol. The molecular weight excluding hydrogens is 268 g/mol. The Morgan fingerprint density at radius 1 is 1.56 bits per heavy atom. The van der Waals surface area contributed by atoms with E-state index < -0.39 is 0 Å². The minimum atomic E-state index is -0.268. The molecule has 0 aliphatic carbocycles. The smallest absolute Gasteiger partial charge is 0.244 e. The Hall–Kier alpha value is -0.950. The van der Waals surface area contributed by atoms with Crippen molar-refractivity contribution in [1.82, 2.24) is 9.27 Å². The second-order valence-corrected chi connectivity index (χ2v) is 5.40. The molecule has 0 radical (unpaired) electrons. The molecule has 1 heterocycles. The number of carbonyl (C=O) groups is 1.